The number of allylic oxidation sites excluding steroid dienone is 1. The summed E-state index contributed by atoms with van der Waals surface area (Å²) in [6.45, 7) is 4.40. The van der Waals surface area contributed by atoms with Gasteiger partial charge in [0.15, 0.2) is 0 Å². The smallest absolute Gasteiger partial charge is 0.0370 e. The summed E-state index contributed by atoms with van der Waals surface area (Å²) in [4.78, 5) is 2.35. The molecule has 0 saturated heterocycles. The van der Waals surface area contributed by atoms with Crippen LogP contribution in [-0.4, -0.2) is 18.0 Å². The first-order valence-corrected chi connectivity index (χ1v) is 6.64. The number of unbranched alkanes of at least 4 members (excludes halogenated alkanes) is 2. The summed E-state index contributed by atoms with van der Waals surface area (Å²) in [6, 6.07) is 0. The van der Waals surface area contributed by atoms with Crippen LogP contribution in [-0.2, 0) is 0 Å². The first kappa shape index (κ1) is 13.1. The fourth-order valence-corrected chi connectivity index (χ4v) is 2.24. The van der Waals surface area contributed by atoms with Gasteiger partial charge in [-0.15, -0.1) is 0 Å². The van der Waals surface area contributed by atoms with Crippen LogP contribution in [0.4, 0.5) is 0 Å². The maximum Gasteiger partial charge on any atom is 0.0370 e. The minimum Gasteiger partial charge on any atom is -0.405 e. The van der Waals surface area contributed by atoms with Gasteiger partial charge in [-0.25, -0.2) is 0 Å². The molecule has 0 aromatic heterocycles. The Balaban J connectivity index is 2.23. The maximum atomic E-state index is 5.36. The molecule has 2 N–H and O–H groups in total. The third-order valence-electron chi connectivity index (χ3n) is 3.30. The van der Waals surface area contributed by atoms with E-state index in [4.69, 9.17) is 5.73 Å². The van der Waals surface area contributed by atoms with Crippen LogP contribution < -0.4 is 5.73 Å². The summed E-state index contributed by atoms with van der Waals surface area (Å²) >= 11 is 0. The van der Waals surface area contributed by atoms with E-state index in [1.807, 2.05) is 6.08 Å². The Hall–Kier alpha value is -0.920. The van der Waals surface area contributed by atoms with Crippen molar-refractivity contribution >= 4 is 0 Å². The van der Waals surface area contributed by atoms with Crippen molar-refractivity contribution in [2.45, 2.75) is 45.4 Å². The third-order valence-corrected chi connectivity index (χ3v) is 3.30. The zero-order chi connectivity index (χ0) is 11.6. The van der Waals surface area contributed by atoms with E-state index in [0.29, 0.717) is 0 Å². The van der Waals surface area contributed by atoms with E-state index in [1.54, 1.807) is 6.20 Å². The fraction of sp³-hybridized carbons (Fsp3) is 0.714. The van der Waals surface area contributed by atoms with Crippen molar-refractivity contribution in [1.82, 2.24) is 4.90 Å². The number of nitrogens with zero attached hydrogens (tertiary/aromatic N) is 1. The van der Waals surface area contributed by atoms with Crippen LogP contribution in [0.1, 0.15) is 45.4 Å². The minimum absolute atomic E-state index is 0.898. The predicted molar refractivity (Wildman–Crippen MR) is 70.9 cm³/mol. The summed E-state index contributed by atoms with van der Waals surface area (Å²) in [6.07, 6.45) is 16.3. The van der Waals surface area contributed by atoms with E-state index in [1.165, 1.54) is 45.1 Å². The topological polar surface area (TPSA) is 29.3 Å². The average molecular weight is 222 g/mol. The van der Waals surface area contributed by atoms with Crippen LogP contribution in [0.2, 0.25) is 0 Å². The molecule has 0 spiro atoms. The maximum absolute atomic E-state index is 5.36. The molecule has 92 valence electrons. The molecule has 0 fully saturated rings. The summed E-state index contributed by atoms with van der Waals surface area (Å²) in [7, 11) is 0. The third kappa shape index (κ3) is 5.24. The molecule has 1 aliphatic heterocycles. The lowest BCUT2D eigenvalue weighted by Gasteiger charge is -2.18. The highest BCUT2D eigenvalue weighted by Gasteiger charge is 2.11. The molecular formula is C14H26N2. The zero-order valence-electron chi connectivity index (χ0n) is 10.6. The Morgan fingerprint density at radius 1 is 1.44 bits per heavy atom. The van der Waals surface area contributed by atoms with Gasteiger partial charge in [-0.3, -0.25) is 0 Å². The van der Waals surface area contributed by atoms with E-state index >= 15 is 0 Å². The molecule has 1 unspecified atom stereocenters. The molecule has 0 amide bonds. The molecule has 0 aromatic rings. The molecule has 2 nitrogen and oxygen atoms in total. The second kappa shape index (κ2) is 8.26. The van der Waals surface area contributed by atoms with Crippen LogP contribution in [0, 0.1) is 5.92 Å². The van der Waals surface area contributed by atoms with Crippen LogP contribution in [0.25, 0.3) is 0 Å². The van der Waals surface area contributed by atoms with Gasteiger partial charge >= 0.3 is 0 Å². The van der Waals surface area contributed by atoms with Gasteiger partial charge in [0, 0.05) is 13.1 Å². The van der Waals surface area contributed by atoms with Crippen LogP contribution in [0.15, 0.2) is 24.6 Å². The monoisotopic (exact) mass is 222 g/mol. The van der Waals surface area contributed by atoms with Crippen molar-refractivity contribution in [2.24, 2.45) is 11.7 Å². The molecule has 1 aliphatic rings. The highest BCUT2D eigenvalue weighted by Crippen LogP contribution is 2.21. The van der Waals surface area contributed by atoms with Gasteiger partial charge in [-0.1, -0.05) is 38.7 Å². The van der Waals surface area contributed by atoms with Crippen LogP contribution >= 0.6 is 0 Å². The molecular weight excluding hydrogens is 196 g/mol. The predicted octanol–water partition coefficient (Wildman–Crippen LogP) is 3.26. The lowest BCUT2D eigenvalue weighted by molar-refractivity contribution is 0.356. The van der Waals surface area contributed by atoms with Gasteiger partial charge in [0.2, 0.25) is 0 Å². The molecule has 1 rings (SSSR count). The lowest BCUT2D eigenvalue weighted by Crippen LogP contribution is -2.19. The number of nitrogens with two attached hydrogens (primary N) is 1. The molecule has 0 radical (unpaired) electrons. The zero-order valence-corrected chi connectivity index (χ0v) is 10.6. The normalized spacial score (nSPS) is 21.6. The number of hydrogen-bond donors (Lipinski definition) is 1. The van der Waals surface area contributed by atoms with Crippen molar-refractivity contribution in [3.63, 3.8) is 0 Å². The van der Waals surface area contributed by atoms with Crippen molar-refractivity contribution in [2.75, 3.05) is 13.1 Å². The standard InChI is InChI=1S/C14H26N2/c1-2-3-4-7-14-8-5-11-16(13-9-14)12-6-10-15/h5-6,10-11,14H,2-4,7-9,12-13,15H2,1H3. The van der Waals surface area contributed by atoms with Gasteiger partial charge in [0.25, 0.3) is 0 Å². The van der Waals surface area contributed by atoms with Crippen molar-refractivity contribution in [1.29, 1.82) is 0 Å². The first-order valence-electron chi connectivity index (χ1n) is 6.64. The summed E-state index contributed by atoms with van der Waals surface area (Å²) in [5.74, 6) is 0.898. The Kier molecular flexibility index (Phi) is 6.78. The molecule has 2 heteroatoms. The van der Waals surface area contributed by atoms with Gasteiger partial charge in [-0.05, 0) is 37.2 Å². The largest absolute Gasteiger partial charge is 0.405 e. The van der Waals surface area contributed by atoms with Crippen molar-refractivity contribution in [3.8, 4) is 0 Å². The quantitative estimate of drug-likeness (QED) is 0.699. The van der Waals surface area contributed by atoms with Crippen LogP contribution in [0.5, 0.6) is 0 Å². The van der Waals surface area contributed by atoms with Crippen molar-refractivity contribution in [3.05, 3.63) is 24.6 Å². The van der Waals surface area contributed by atoms with E-state index in [-0.39, 0.29) is 0 Å². The first-order chi connectivity index (χ1) is 7.86. The Morgan fingerprint density at radius 2 is 2.31 bits per heavy atom. The van der Waals surface area contributed by atoms with Gasteiger partial charge in [0.05, 0.1) is 0 Å². The molecule has 0 saturated carbocycles. The van der Waals surface area contributed by atoms with E-state index in [0.717, 1.165) is 12.5 Å². The molecule has 0 aromatic carbocycles. The summed E-state index contributed by atoms with van der Waals surface area (Å²) in [5, 5.41) is 0. The van der Waals surface area contributed by atoms with Crippen LogP contribution in [0.3, 0.4) is 0 Å². The molecule has 1 heterocycles. The van der Waals surface area contributed by atoms with Crippen molar-refractivity contribution < 1.29 is 0 Å². The Morgan fingerprint density at radius 3 is 3.06 bits per heavy atom. The van der Waals surface area contributed by atoms with Gasteiger partial charge in [-0.2, -0.15) is 0 Å². The molecule has 1 atom stereocenters. The second-order valence-electron chi connectivity index (χ2n) is 4.69. The second-order valence-corrected chi connectivity index (χ2v) is 4.69. The van der Waals surface area contributed by atoms with E-state index in [9.17, 15) is 0 Å². The SMILES string of the molecule is CCCCCC1CC=CN(CC=CN)CC1. The van der Waals surface area contributed by atoms with Gasteiger partial charge < -0.3 is 10.6 Å². The number of rotatable bonds is 6. The van der Waals surface area contributed by atoms with E-state index < -0.39 is 0 Å². The lowest BCUT2D eigenvalue weighted by atomic mass is 9.95. The minimum atomic E-state index is 0.898. The number of hydrogen-bond acceptors (Lipinski definition) is 2. The molecule has 0 bridgehead atoms. The van der Waals surface area contributed by atoms with E-state index in [2.05, 4.69) is 24.1 Å². The Bertz CT molecular complexity index is 221. The van der Waals surface area contributed by atoms with Gasteiger partial charge in [0.1, 0.15) is 0 Å². The summed E-state index contributed by atoms with van der Waals surface area (Å²) in [5.41, 5.74) is 5.36. The Labute approximate surface area is 100 Å². The average Bonchev–Trinajstić information content (AvgIpc) is 2.52. The molecule has 0 aliphatic carbocycles. The summed E-state index contributed by atoms with van der Waals surface area (Å²) < 4.78 is 0. The fourth-order valence-electron chi connectivity index (χ4n) is 2.24. The highest BCUT2D eigenvalue weighted by atomic mass is 15.1. The molecule has 16 heavy (non-hydrogen) atoms. The highest BCUT2D eigenvalue weighted by molar-refractivity contribution is 4.92.